The Hall–Kier alpha value is -2.56. The van der Waals surface area contributed by atoms with Crippen LogP contribution in [-0.2, 0) is 24.2 Å². The molecule has 5 nitrogen and oxygen atoms in total. The predicted octanol–water partition coefficient (Wildman–Crippen LogP) is 3.26. The van der Waals surface area contributed by atoms with Crippen LogP contribution in [0.5, 0.6) is 0 Å². The van der Waals surface area contributed by atoms with Gasteiger partial charge in [0.1, 0.15) is 0 Å². The van der Waals surface area contributed by atoms with E-state index in [1.807, 2.05) is 42.7 Å². The molecule has 1 heterocycles. The minimum atomic E-state index is -0.994. The van der Waals surface area contributed by atoms with Crippen LogP contribution in [0.4, 0.5) is 5.69 Å². The van der Waals surface area contributed by atoms with Gasteiger partial charge in [-0.25, -0.2) is 4.79 Å². The van der Waals surface area contributed by atoms with E-state index in [4.69, 9.17) is 0 Å². The zero-order valence-electron chi connectivity index (χ0n) is 13.7. The standard InChI is InChI=1S/C18H22N2O3/c1-4-13-8-6-7-9-14(13)19-16(21)10-15-17(18(22)23)12(3)11-20(15)5-2/h6-9,11H,4-5,10H2,1-3H3,(H,19,21)(H,22,23). The van der Waals surface area contributed by atoms with Gasteiger partial charge in [-0.2, -0.15) is 0 Å². The topological polar surface area (TPSA) is 71.3 Å². The Bertz CT molecular complexity index is 732. The molecule has 0 fully saturated rings. The average molecular weight is 314 g/mol. The molecule has 2 N–H and O–H groups in total. The molecule has 1 amide bonds. The molecule has 2 aromatic rings. The Morgan fingerprint density at radius 2 is 1.91 bits per heavy atom. The van der Waals surface area contributed by atoms with E-state index in [-0.39, 0.29) is 17.9 Å². The maximum Gasteiger partial charge on any atom is 0.337 e. The van der Waals surface area contributed by atoms with Gasteiger partial charge in [0.25, 0.3) is 0 Å². The van der Waals surface area contributed by atoms with Gasteiger partial charge in [-0.3, -0.25) is 4.79 Å². The van der Waals surface area contributed by atoms with Crippen LogP contribution in [0.2, 0.25) is 0 Å². The zero-order chi connectivity index (χ0) is 17.0. The lowest BCUT2D eigenvalue weighted by Gasteiger charge is -2.11. The summed E-state index contributed by atoms with van der Waals surface area (Å²) < 4.78 is 1.82. The van der Waals surface area contributed by atoms with E-state index >= 15 is 0 Å². The van der Waals surface area contributed by atoms with Crippen LogP contribution < -0.4 is 5.32 Å². The summed E-state index contributed by atoms with van der Waals surface area (Å²) in [6, 6.07) is 7.63. The van der Waals surface area contributed by atoms with Crippen molar-refractivity contribution < 1.29 is 14.7 Å². The van der Waals surface area contributed by atoms with Crippen molar-refractivity contribution in [2.24, 2.45) is 0 Å². The minimum Gasteiger partial charge on any atom is -0.478 e. The molecule has 0 aliphatic carbocycles. The Morgan fingerprint density at radius 1 is 1.22 bits per heavy atom. The number of para-hydroxylation sites is 1. The predicted molar refractivity (Wildman–Crippen MR) is 90.0 cm³/mol. The van der Waals surface area contributed by atoms with Gasteiger partial charge in [-0.05, 0) is 37.5 Å². The van der Waals surface area contributed by atoms with E-state index in [2.05, 4.69) is 5.32 Å². The number of nitrogens with one attached hydrogen (secondary N) is 1. The van der Waals surface area contributed by atoms with Crippen molar-refractivity contribution >= 4 is 17.6 Å². The second-order valence-corrected chi connectivity index (χ2v) is 5.46. The maximum absolute atomic E-state index is 12.4. The molecule has 122 valence electrons. The summed E-state index contributed by atoms with van der Waals surface area (Å²) >= 11 is 0. The number of aryl methyl sites for hydroxylation is 3. The lowest BCUT2D eigenvalue weighted by atomic mass is 10.1. The second kappa shape index (κ2) is 7.13. The van der Waals surface area contributed by atoms with Crippen molar-refractivity contribution in [1.82, 2.24) is 4.57 Å². The third-order valence-electron chi connectivity index (χ3n) is 3.93. The number of carboxylic acids is 1. The summed E-state index contributed by atoms with van der Waals surface area (Å²) in [7, 11) is 0. The molecule has 0 saturated carbocycles. The van der Waals surface area contributed by atoms with Crippen molar-refractivity contribution in [3.05, 3.63) is 52.8 Å². The molecule has 23 heavy (non-hydrogen) atoms. The highest BCUT2D eigenvalue weighted by atomic mass is 16.4. The van der Waals surface area contributed by atoms with Gasteiger partial charge in [0, 0.05) is 24.1 Å². The first kappa shape index (κ1) is 16.8. The van der Waals surface area contributed by atoms with E-state index in [0.29, 0.717) is 17.8 Å². The molecule has 0 unspecified atom stereocenters. The molecule has 0 aliphatic rings. The minimum absolute atomic E-state index is 0.0430. The van der Waals surface area contributed by atoms with Gasteiger partial charge >= 0.3 is 5.97 Å². The van der Waals surface area contributed by atoms with Crippen molar-refractivity contribution in [1.29, 1.82) is 0 Å². The lowest BCUT2D eigenvalue weighted by Crippen LogP contribution is -2.19. The number of benzene rings is 1. The highest BCUT2D eigenvalue weighted by molar-refractivity contribution is 5.96. The van der Waals surface area contributed by atoms with Crippen LogP contribution >= 0.6 is 0 Å². The van der Waals surface area contributed by atoms with Crippen LogP contribution in [-0.4, -0.2) is 21.6 Å². The Labute approximate surface area is 135 Å². The Kier molecular flexibility index (Phi) is 5.21. The molecule has 0 spiro atoms. The van der Waals surface area contributed by atoms with Gasteiger partial charge in [0.2, 0.25) is 5.91 Å². The maximum atomic E-state index is 12.4. The van der Waals surface area contributed by atoms with E-state index in [0.717, 1.165) is 17.7 Å². The van der Waals surface area contributed by atoms with Crippen LogP contribution in [0.3, 0.4) is 0 Å². The summed E-state index contributed by atoms with van der Waals surface area (Å²) in [5.74, 6) is -1.20. The van der Waals surface area contributed by atoms with Crippen molar-refractivity contribution in [3.63, 3.8) is 0 Å². The van der Waals surface area contributed by atoms with Gasteiger partial charge in [0.05, 0.1) is 12.0 Å². The fourth-order valence-electron chi connectivity index (χ4n) is 2.81. The van der Waals surface area contributed by atoms with Crippen LogP contribution in [0.1, 0.15) is 41.0 Å². The van der Waals surface area contributed by atoms with Crippen molar-refractivity contribution in [3.8, 4) is 0 Å². The number of amides is 1. The van der Waals surface area contributed by atoms with Crippen LogP contribution in [0.25, 0.3) is 0 Å². The molecular formula is C18H22N2O3. The van der Waals surface area contributed by atoms with E-state index in [1.54, 1.807) is 13.1 Å². The van der Waals surface area contributed by atoms with E-state index in [9.17, 15) is 14.7 Å². The molecule has 0 atom stereocenters. The fourth-order valence-corrected chi connectivity index (χ4v) is 2.81. The lowest BCUT2D eigenvalue weighted by molar-refractivity contribution is -0.115. The van der Waals surface area contributed by atoms with E-state index in [1.165, 1.54) is 0 Å². The summed E-state index contributed by atoms with van der Waals surface area (Å²) in [4.78, 5) is 23.9. The first-order valence-electron chi connectivity index (χ1n) is 7.77. The second-order valence-electron chi connectivity index (χ2n) is 5.46. The van der Waals surface area contributed by atoms with Crippen LogP contribution in [0, 0.1) is 6.92 Å². The number of carboxylic acid groups (broad SMARTS) is 1. The van der Waals surface area contributed by atoms with Crippen molar-refractivity contribution in [2.75, 3.05) is 5.32 Å². The molecule has 5 heteroatoms. The summed E-state index contributed by atoms with van der Waals surface area (Å²) in [5, 5.41) is 12.3. The molecule has 1 aromatic heterocycles. The number of carbonyl (C=O) groups is 2. The molecule has 1 aromatic carbocycles. The van der Waals surface area contributed by atoms with Crippen molar-refractivity contribution in [2.45, 2.75) is 40.2 Å². The van der Waals surface area contributed by atoms with Crippen LogP contribution in [0.15, 0.2) is 30.5 Å². The molecule has 0 bridgehead atoms. The number of hydrogen-bond donors (Lipinski definition) is 2. The largest absolute Gasteiger partial charge is 0.478 e. The van der Waals surface area contributed by atoms with Gasteiger partial charge < -0.3 is 15.0 Å². The third-order valence-corrected chi connectivity index (χ3v) is 3.93. The van der Waals surface area contributed by atoms with E-state index < -0.39 is 5.97 Å². The Morgan fingerprint density at radius 3 is 2.52 bits per heavy atom. The number of nitrogens with zero attached hydrogens (tertiary/aromatic N) is 1. The van der Waals surface area contributed by atoms with Gasteiger partial charge in [-0.1, -0.05) is 25.1 Å². The number of carbonyl (C=O) groups excluding carboxylic acids is 1. The first-order chi connectivity index (χ1) is 11.0. The quantitative estimate of drug-likeness (QED) is 0.859. The molecule has 0 aliphatic heterocycles. The third kappa shape index (κ3) is 3.62. The summed E-state index contributed by atoms with van der Waals surface area (Å²) in [6.07, 6.45) is 2.65. The molecule has 2 rings (SSSR count). The number of hydrogen-bond acceptors (Lipinski definition) is 2. The normalized spacial score (nSPS) is 10.6. The first-order valence-corrected chi connectivity index (χ1v) is 7.77. The molecule has 0 saturated heterocycles. The molecular weight excluding hydrogens is 292 g/mol. The summed E-state index contributed by atoms with van der Waals surface area (Å²) in [6.45, 7) is 6.34. The number of aromatic nitrogens is 1. The SMILES string of the molecule is CCc1ccccc1NC(=O)Cc1c(C(=O)O)c(C)cn1CC. The van der Waals surface area contributed by atoms with Gasteiger partial charge in [-0.15, -0.1) is 0 Å². The summed E-state index contributed by atoms with van der Waals surface area (Å²) in [5.41, 5.74) is 3.29. The average Bonchev–Trinajstić information content (AvgIpc) is 2.83. The number of aromatic carboxylic acids is 1. The molecule has 0 radical (unpaired) electrons. The zero-order valence-corrected chi connectivity index (χ0v) is 13.7. The highest BCUT2D eigenvalue weighted by Crippen LogP contribution is 2.20. The van der Waals surface area contributed by atoms with Gasteiger partial charge in [0.15, 0.2) is 0 Å². The monoisotopic (exact) mass is 314 g/mol. The fraction of sp³-hybridized carbons (Fsp3) is 0.333. The number of anilines is 1. The number of rotatable bonds is 6. The highest BCUT2D eigenvalue weighted by Gasteiger charge is 2.21. The smallest absolute Gasteiger partial charge is 0.337 e. The Balaban J connectivity index is 2.25.